The molecule has 94 valence electrons. The van der Waals surface area contributed by atoms with Crippen LogP contribution in [0.3, 0.4) is 0 Å². The zero-order chi connectivity index (χ0) is 13.3. The van der Waals surface area contributed by atoms with Gasteiger partial charge in [-0.05, 0) is 49.2 Å². The molecule has 18 heavy (non-hydrogen) atoms. The lowest BCUT2D eigenvalue weighted by molar-refractivity contribution is 0.0971. The van der Waals surface area contributed by atoms with Gasteiger partial charge >= 0.3 is 0 Å². The zero-order valence-electron chi connectivity index (χ0n) is 10.1. The van der Waals surface area contributed by atoms with Crippen LogP contribution in [0.4, 0.5) is 8.78 Å². The predicted molar refractivity (Wildman–Crippen MR) is 64.0 cm³/mol. The fourth-order valence-corrected chi connectivity index (χ4v) is 1.76. The molecule has 2 nitrogen and oxygen atoms in total. The SMILES string of the molecule is Cc1cc(C(C)(O)c2ccc(F)cn2)ccc1F. The maximum Gasteiger partial charge on any atom is 0.141 e. The average Bonchev–Trinajstić information content (AvgIpc) is 2.33. The molecule has 1 heterocycles. The van der Waals surface area contributed by atoms with Crippen LogP contribution in [0.15, 0.2) is 36.5 Å². The van der Waals surface area contributed by atoms with Crippen molar-refractivity contribution in [3.63, 3.8) is 0 Å². The molecule has 0 saturated heterocycles. The van der Waals surface area contributed by atoms with E-state index in [9.17, 15) is 13.9 Å². The van der Waals surface area contributed by atoms with Gasteiger partial charge in [-0.15, -0.1) is 0 Å². The first-order valence-electron chi connectivity index (χ1n) is 5.52. The molecule has 1 aromatic carbocycles. The van der Waals surface area contributed by atoms with Crippen LogP contribution >= 0.6 is 0 Å². The number of benzene rings is 1. The largest absolute Gasteiger partial charge is 0.379 e. The number of pyridine rings is 1. The number of halogens is 2. The zero-order valence-corrected chi connectivity index (χ0v) is 10.1. The molecule has 0 bridgehead atoms. The quantitative estimate of drug-likeness (QED) is 0.887. The van der Waals surface area contributed by atoms with Crippen molar-refractivity contribution in [2.45, 2.75) is 19.4 Å². The number of aliphatic hydroxyl groups is 1. The maximum atomic E-state index is 13.2. The second-order valence-corrected chi connectivity index (χ2v) is 4.40. The second kappa shape index (κ2) is 4.46. The summed E-state index contributed by atoms with van der Waals surface area (Å²) in [5, 5.41) is 10.5. The molecule has 0 spiro atoms. The molecule has 0 aliphatic carbocycles. The molecule has 1 N–H and O–H groups in total. The Kier molecular flexibility index (Phi) is 3.13. The lowest BCUT2D eigenvalue weighted by atomic mass is 9.91. The summed E-state index contributed by atoms with van der Waals surface area (Å²) >= 11 is 0. The normalized spacial score (nSPS) is 14.3. The van der Waals surface area contributed by atoms with Crippen molar-refractivity contribution in [2.75, 3.05) is 0 Å². The predicted octanol–water partition coefficient (Wildman–Crippen LogP) is 2.92. The van der Waals surface area contributed by atoms with E-state index in [0.717, 1.165) is 6.20 Å². The Balaban J connectivity index is 2.46. The van der Waals surface area contributed by atoms with E-state index in [1.165, 1.54) is 24.3 Å². The molecule has 0 aliphatic rings. The third-order valence-corrected chi connectivity index (χ3v) is 2.95. The second-order valence-electron chi connectivity index (χ2n) is 4.40. The summed E-state index contributed by atoms with van der Waals surface area (Å²) in [6.45, 7) is 3.16. The van der Waals surface area contributed by atoms with Crippen molar-refractivity contribution in [3.8, 4) is 0 Å². The minimum Gasteiger partial charge on any atom is -0.379 e. The fourth-order valence-electron chi connectivity index (χ4n) is 1.76. The standard InChI is InChI=1S/C14H13F2NO/c1-9-7-10(3-5-12(9)16)14(2,18)13-6-4-11(15)8-17-13/h3-8,18H,1-2H3. The monoisotopic (exact) mass is 249 g/mol. The Hall–Kier alpha value is -1.81. The molecule has 2 aromatic rings. The molecule has 2 rings (SSSR count). The van der Waals surface area contributed by atoms with Crippen molar-refractivity contribution >= 4 is 0 Å². The average molecular weight is 249 g/mol. The van der Waals surface area contributed by atoms with E-state index in [1.54, 1.807) is 19.9 Å². The van der Waals surface area contributed by atoms with Crippen molar-refractivity contribution < 1.29 is 13.9 Å². The molecule has 0 fully saturated rings. The van der Waals surface area contributed by atoms with Gasteiger partial charge in [0.15, 0.2) is 0 Å². The first-order chi connectivity index (χ1) is 8.41. The van der Waals surface area contributed by atoms with Crippen LogP contribution in [-0.2, 0) is 5.60 Å². The third-order valence-electron chi connectivity index (χ3n) is 2.95. The van der Waals surface area contributed by atoms with Crippen molar-refractivity contribution in [2.24, 2.45) is 0 Å². The molecule has 0 radical (unpaired) electrons. The summed E-state index contributed by atoms with van der Waals surface area (Å²) in [6.07, 6.45) is 1.04. The van der Waals surface area contributed by atoms with E-state index in [4.69, 9.17) is 0 Å². The molecule has 4 heteroatoms. The van der Waals surface area contributed by atoms with Gasteiger partial charge in [-0.2, -0.15) is 0 Å². The fraction of sp³-hybridized carbons (Fsp3) is 0.214. The minimum absolute atomic E-state index is 0.315. The van der Waals surface area contributed by atoms with Gasteiger partial charge in [0.25, 0.3) is 0 Å². The molecule has 0 saturated carbocycles. The Morgan fingerprint density at radius 1 is 1.17 bits per heavy atom. The number of hydrogen-bond donors (Lipinski definition) is 1. The molecular formula is C14H13F2NO. The van der Waals surface area contributed by atoms with Crippen molar-refractivity contribution in [1.82, 2.24) is 4.98 Å². The van der Waals surface area contributed by atoms with Crippen LogP contribution in [0, 0.1) is 18.6 Å². The van der Waals surface area contributed by atoms with E-state index < -0.39 is 11.4 Å². The summed E-state index contributed by atoms with van der Waals surface area (Å²) in [4.78, 5) is 3.86. The molecular weight excluding hydrogens is 236 g/mol. The lowest BCUT2D eigenvalue weighted by Crippen LogP contribution is -2.24. The Labute approximate surface area is 104 Å². The van der Waals surface area contributed by atoms with Gasteiger partial charge in [0.2, 0.25) is 0 Å². The number of rotatable bonds is 2. The van der Waals surface area contributed by atoms with Gasteiger partial charge in [-0.1, -0.05) is 6.07 Å². The minimum atomic E-state index is -1.38. The molecule has 0 amide bonds. The lowest BCUT2D eigenvalue weighted by Gasteiger charge is -2.23. The summed E-state index contributed by atoms with van der Waals surface area (Å²) in [5.74, 6) is -0.800. The summed E-state index contributed by atoms with van der Waals surface area (Å²) in [7, 11) is 0. The van der Waals surface area contributed by atoms with Gasteiger partial charge < -0.3 is 5.11 Å². The van der Waals surface area contributed by atoms with Crippen molar-refractivity contribution in [3.05, 3.63) is 65.0 Å². The van der Waals surface area contributed by atoms with Gasteiger partial charge in [-0.3, -0.25) is 4.98 Å². The van der Waals surface area contributed by atoms with Crippen LogP contribution in [0.2, 0.25) is 0 Å². The number of aromatic nitrogens is 1. The van der Waals surface area contributed by atoms with E-state index in [0.29, 0.717) is 16.8 Å². The third kappa shape index (κ3) is 2.24. The van der Waals surface area contributed by atoms with E-state index in [2.05, 4.69) is 4.98 Å². The van der Waals surface area contributed by atoms with E-state index in [-0.39, 0.29) is 5.82 Å². The molecule has 1 unspecified atom stereocenters. The van der Waals surface area contributed by atoms with E-state index in [1.807, 2.05) is 0 Å². The van der Waals surface area contributed by atoms with Crippen LogP contribution in [0.25, 0.3) is 0 Å². The summed E-state index contributed by atoms with van der Waals surface area (Å²) < 4.78 is 26.0. The maximum absolute atomic E-state index is 13.2. The van der Waals surface area contributed by atoms with Gasteiger partial charge in [-0.25, -0.2) is 8.78 Å². The Morgan fingerprint density at radius 3 is 2.44 bits per heavy atom. The number of hydrogen-bond acceptors (Lipinski definition) is 2. The topological polar surface area (TPSA) is 33.1 Å². The highest BCUT2D eigenvalue weighted by Crippen LogP contribution is 2.28. The molecule has 0 aliphatic heterocycles. The molecule has 1 aromatic heterocycles. The van der Waals surface area contributed by atoms with Crippen molar-refractivity contribution in [1.29, 1.82) is 0 Å². The van der Waals surface area contributed by atoms with Crippen LogP contribution < -0.4 is 0 Å². The van der Waals surface area contributed by atoms with Crippen LogP contribution in [0.5, 0.6) is 0 Å². The first kappa shape index (κ1) is 12.6. The smallest absolute Gasteiger partial charge is 0.141 e. The van der Waals surface area contributed by atoms with Gasteiger partial charge in [0.1, 0.15) is 17.2 Å². The van der Waals surface area contributed by atoms with E-state index >= 15 is 0 Å². The number of nitrogens with zero attached hydrogens (tertiary/aromatic N) is 1. The van der Waals surface area contributed by atoms with Gasteiger partial charge in [0, 0.05) is 0 Å². The Bertz CT molecular complexity index is 565. The van der Waals surface area contributed by atoms with Gasteiger partial charge in [0.05, 0.1) is 11.9 Å². The summed E-state index contributed by atoms with van der Waals surface area (Å²) in [6, 6.07) is 6.98. The highest BCUT2D eigenvalue weighted by atomic mass is 19.1. The highest BCUT2D eigenvalue weighted by molar-refractivity contribution is 5.34. The number of aryl methyl sites for hydroxylation is 1. The van der Waals surface area contributed by atoms with Crippen LogP contribution in [-0.4, -0.2) is 10.1 Å². The molecule has 1 atom stereocenters. The summed E-state index contributed by atoms with van der Waals surface area (Å²) in [5.41, 5.74) is -0.114. The Morgan fingerprint density at radius 2 is 1.89 bits per heavy atom. The van der Waals surface area contributed by atoms with Crippen LogP contribution in [0.1, 0.15) is 23.7 Å². The highest BCUT2D eigenvalue weighted by Gasteiger charge is 2.27. The first-order valence-corrected chi connectivity index (χ1v) is 5.52.